The zero-order chi connectivity index (χ0) is 20.2. The van der Waals surface area contributed by atoms with Crippen molar-refractivity contribution in [3.8, 4) is 11.5 Å². The van der Waals surface area contributed by atoms with Gasteiger partial charge in [0.25, 0.3) is 0 Å². The first kappa shape index (κ1) is 25.0. The van der Waals surface area contributed by atoms with E-state index < -0.39 is 0 Å². The molecular weight excluding hydrogens is 481 g/mol. The molecule has 0 saturated carbocycles. The van der Waals surface area contributed by atoms with Crippen molar-refractivity contribution in [1.82, 2.24) is 10.6 Å². The molecular formula is C22H32IN3O3. The fourth-order valence-electron chi connectivity index (χ4n) is 2.71. The minimum Gasteiger partial charge on any atom is -0.497 e. The third-order valence-electron chi connectivity index (χ3n) is 4.26. The molecule has 7 heteroatoms. The maximum absolute atomic E-state index is 9.70. The molecule has 0 fully saturated rings. The summed E-state index contributed by atoms with van der Waals surface area (Å²) >= 11 is 0. The van der Waals surface area contributed by atoms with Crippen LogP contribution in [-0.4, -0.2) is 50.5 Å². The van der Waals surface area contributed by atoms with E-state index in [1.807, 2.05) is 68.4 Å². The van der Waals surface area contributed by atoms with Crippen LogP contribution < -0.4 is 20.1 Å². The molecule has 0 bridgehead atoms. The van der Waals surface area contributed by atoms with Gasteiger partial charge in [0.15, 0.2) is 5.96 Å². The van der Waals surface area contributed by atoms with Crippen LogP contribution in [0.25, 0.3) is 0 Å². The molecule has 6 nitrogen and oxygen atoms in total. The van der Waals surface area contributed by atoms with Crippen LogP contribution in [0.1, 0.15) is 25.3 Å². The number of methoxy groups -OCH3 is 1. The lowest BCUT2D eigenvalue weighted by Crippen LogP contribution is -2.42. The lowest BCUT2D eigenvalue weighted by molar-refractivity contribution is 0.223. The molecule has 3 N–H and O–H groups in total. The van der Waals surface area contributed by atoms with Crippen molar-refractivity contribution in [3.63, 3.8) is 0 Å². The third-order valence-corrected chi connectivity index (χ3v) is 4.26. The van der Waals surface area contributed by atoms with Gasteiger partial charge < -0.3 is 25.2 Å². The minimum absolute atomic E-state index is 0. The SMILES string of the molecule is CCNC(=NCC(CO)c1ccccc1)NCC(C)Oc1ccc(OC)cc1.I. The Kier molecular flexibility index (Phi) is 12.1. The van der Waals surface area contributed by atoms with E-state index in [-0.39, 0.29) is 42.6 Å². The van der Waals surface area contributed by atoms with Gasteiger partial charge in [-0.3, -0.25) is 4.99 Å². The van der Waals surface area contributed by atoms with Gasteiger partial charge >= 0.3 is 0 Å². The Morgan fingerprint density at radius 2 is 1.69 bits per heavy atom. The standard InChI is InChI=1S/C22H31N3O3.HI/c1-4-23-22(25-15-19(16-26)18-8-6-5-7-9-18)24-14-17(2)28-21-12-10-20(27-3)11-13-21;/h5-13,17,19,26H,4,14-16H2,1-3H3,(H2,23,24,25);1H. The second kappa shape index (κ2) is 14.1. The monoisotopic (exact) mass is 513 g/mol. The number of nitrogens with one attached hydrogen (secondary N) is 2. The second-order valence-electron chi connectivity index (χ2n) is 6.49. The summed E-state index contributed by atoms with van der Waals surface area (Å²) in [6.07, 6.45) is -0.0417. The molecule has 0 aliphatic heterocycles. The molecule has 2 aromatic rings. The molecule has 0 spiro atoms. The van der Waals surface area contributed by atoms with E-state index in [1.165, 1.54) is 0 Å². The van der Waals surface area contributed by atoms with Gasteiger partial charge in [0.2, 0.25) is 0 Å². The van der Waals surface area contributed by atoms with Crippen molar-refractivity contribution < 1.29 is 14.6 Å². The Labute approximate surface area is 190 Å². The third kappa shape index (κ3) is 8.91. The number of aliphatic imine (C=N–C) groups is 1. The first-order valence-electron chi connectivity index (χ1n) is 9.65. The number of benzene rings is 2. The Bertz CT molecular complexity index is 711. The van der Waals surface area contributed by atoms with Crippen LogP contribution in [0.15, 0.2) is 59.6 Å². The van der Waals surface area contributed by atoms with Crippen molar-refractivity contribution in [2.75, 3.05) is 33.4 Å². The number of halogens is 1. The first-order valence-corrected chi connectivity index (χ1v) is 9.65. The van der Waals surface area contributed by atoms with Crippen LogP contribution in [0.3, 0.4) is 0 Å². The average molecular weight is 513 g/mol. The summed E-state index contributed by atoms with van der Waals surface area (Å²) in [4.78, 5) is 4.63. The van der Waals surface area contributed by atoms with E-state index in [2.05, 4.69) is 15.6 Å². The zero-order valence-corrected chi connectivity index (χ0v) is 19.6. The fraction of sp³-hybridized carbons (Fsp3) is 0.409. The Morgan fingerprint density at radius 3 is 2.28 bits per heavy atom. The maximum atomic E-state index is 9.70. The number of aliphatic hydroxyl groups excluding tert-OH is 1. The van der Waals surface area contributed by atoms with Crippen LogP contribution in [0.4, 0.5) is 0 Å². The second-order valence-corrected chi connectivity index (χ2v) is 6.49. The van der Waals surface area contributed by atoms with Crippen molar-refractivity contribution in [3.05, 3.63) is 60.2 Å². The maximum Gasteiger partial charge on any atom is 0.191 e. The summed E-state index contributed by atoms with van der Waals surface area (Å²) in [7, 11) is 1.64. The number of ether oxygens (including phenoxy) is 2. The first-order chi connectivity index (χ1) is 13.7. The summed E-state index contributed by atoms with van der Waals surface area (Å²) in [6.45, 7) is 5.95. The molecule has 0 radical (unpaired) electrons. The van der Waals surface area contributed by atoms with E-state index in [1.54, 1.807) is 7.11 Å². The molecule has 2 unspecified atom stereocenters. The molecule has 0 aliphatic carbocycles. The fourth-order valence-corrected chi connectivity index (χ4v) is 2.71. The normalized spacial score (nSPS) is 13.0. The van der Waals surface area contributed by atoms with Gasteiger partial charge in [-0.05, 0) is 43.7 Å². The Hall–Kier alpha value is -2.00. The van der Waals surface area contributed by atoms with Gasteiger partial charge in [0.05, 0.1) is 26.8 Å². The van der Waals surface area contributed by atoms with Crippen LogP contribution >= 0.6 is 24.0 Å². The van der Waals surface area contributed by atoms with E-state index >= 15 is 0 Å². The summed E-state index contributed by atoms with van der Waals surface area (Å²) in [6, 6.07) is 17.5. The summed E-state index contributed by atoms with van der Waals surface area (Å²) in [5.41, 5.74) is 1.08. The average Bonchev–Trinajstić information content (AvgIpc) is 2.73. The van der Waals surface area contributed by atoms with Crippen LogP contribution in [0.5, 0.6) is 11.5 Å². The molecule has 0 aromatic heterocycles. The smallest absolute Gasteiger partial charge is 0.191 e. The van der Waals surface area contributed by atoms with Gasteiger partial charge in [0, 0.05) is 12.5 Å². The summed E-state index contributed by atoms with van der Waals surface area (Å²) in [5, 5.41) is 16.2. The van der Waals surface area contributed by atoms with Crippen LogP contribution in [0.2, 0.25) is 0 Å². The van der Waals surface area contributed by atoms with Crippen molar-refractivity contribution in [2.24, 2.45) is 4.99 Å². The van der Waals surface area contributed by atoms with Crippen LogP contribution in [0, 0.1) is 0 Å². The summed E-state index contributed by atoms with van der Waals surface area (Å²) < 4.78 is 11.1. The lowest BCUT2D eigenvalue weighted by atomic mass is 10.0. The van der Waals surface area contributed by atoms with Crippen molar-refractivity contribution in [2.45, 2.75) is 25.9 Å². The molecule has 2 aromatic carbocycles. The number of hydrogen-bond donors (Lipinski definition) is 3. The molecule has 29 heavy (non-hydrogen) atoms. The van der Waals surface area contributed by atoms with E-state index in [0.29, 0.717) is 19.0 Å². The molecule has 2 rings (SSSR count). The molecule has 0 aliphatic rings. The number of rotatable bonds is 10. The molecule has 0 saturated heterocycles. The predicted octanol–water partition coefficient (Wildman–Crippen LogP) is 3.41. The quantitative estimate of drug-likeness (QED) is 0.258. The zero-order valence-electron chi connectivity index (χ0n) is 17.3. The highest BCUT2D eigenvalue weighted by molar-refractivity contribution is 14.0. The van der Waals surface area contributed by atoms with E-state index in [9.17, 15) is 5.11 Å². The van der Waals surface area contributed by atoms with Crippen molar-refractivity contribution >= 4 is 29.9 Å². The summed E-state index contributed by atoms with van der Waals surface area (Å²) in [5.74, 6) is 2.28. The topological polar surface area (TPSA) is 75.1 Å². The van der Waals surface area contributed by atoms with Crippen molar-refractivity contribution in [1.29, 1.82) is 0 Å². The minimum atomic E-state index is -0.0417. The number of hydrogen-bond acceptors (Lipinski definition) is 4. The molecule has 0 heterocycles. The van der Waals surface area contributed by atoms with Gasteiger partial charge in [0.1, 0.15) is 17.6 Å². The van der Waals surface area contributed by atoms with Crippen LogP contribution in [-0.2, 0) is 0 Å². The number of guanidine groups is 1. The lowest BCUT2D eigenvalue weighted by Gasteiger charge is -2.19. The molecule has 160 valence electrons. The van der Waals surface area contributed by atoms with E-state index in [0.717, 1.165) is 23.6 Å². The Morgan fingerprint density at radius 1 is 1.03 bits per heavy atom. The largest absolute Gasteiger partial charge is 0.497 e. The van der Waals surface area contributed by atoms with Gasteiger partial charge in [-0.15, -0.1) is 24.0 Å². The molecule has 0 amide bonds. The highest BCUT2D eigenvalue weighted by Crippen LogP contribution is 2.18. The Balaban J connectivity index is 0.00000420. The predicted molar refractivity (Wildman–Crippen MR) is 129 cm³/mol. The highest BCUT2D eigenvalue weighted by Gasteiger charge is 2.11. The highest BCUT2D eigenvalue weighted by atomic mass is 127. The van der Waals surface area contributed by atoms with E-state index in [4.69, 9.17) is 9.47 Å². The van der Waals surface area contributed by atoms with Gasteiger partial charge in [-0.2, -0.15) is 0 Å². The number of nitrogens with zero attached hydrogens (tertiary/aromatic N) is 1. The van der Waals surface area contributed by atoms with Gasteiger partial charge in [-0.25, -0.2) is 0 Å². The number of aliphatic hydroxyl groups is 1. The van der Waals surface area contributed by atoms with Gasteiger partial charge in [-0.1, -0.05) is 30.3 Å². The molecule has 2 atom stereocenters.